The van der Waals surface area contributed by atoms with Gasteiger partial charge in [0.1, 0.15) is 11.6 Å². The summed E-state index contributed by atoms with van der Waals surface area (Å²) >= 11 is 0. The Bertz CT molecular complexity index is 1010. The Hall–Kier alpha value is -3.02. The van der Waals surface area contributed by atoms with E-state index in [1.165, 1.54) is 28.8 Å². The van der Waals surface area contributed by atoms with E-state index in [9.17, 15) is 14.0 Å². The fourth-order valence-electron chi connectivity index (χ4n) is 2.81. The number of halogens is 1. The van der Waals surface area contributed by atoms with Crippen LogP contribution >= 0.6 is 0 Å². The number of benzene rings is 2. The second kappa shape index (κ2) is 6.12. The molecule has 126 valence electrons. The van der Waals surface area contributed by atoms with Gasteiger partial charge in [-0.1, -0.05) is 12.1 Å². The van der Waals surface area contributed by atoms with Gasteiger partial charge < -0.3 is 5.32 Å². The lowest BCUT2D eigenvalue weighted by molar-refractivity contribution is -0.122. The smallest absolute Gasteiger partial charge is 0.266 e. The lowest BCUT2D eigenvalue weighted by Gasteiger charge is -2.14. The second-order valence-corrected chi connectivity index (χ2v) is 6.15. The van der Waals surface area contributed by atoms with E-state index in [1.54, 1.807) is 18.2 Å². The molecule has 0 unspecified atom stereocenters. The van der Waals surface area contributed by atoms with Gasteiger partial charge in [0.05, 0.1) is 23.1 Å². The van der Waals surface area contributed by atoms with Crippen LogP contribution in [0, 0.1) is 11.7 Å². The summed E-state index contributed by atoms with van der Waals surface area (Å²) in [5.41, 5.74) is 0.842. The number of amides is 1. The lowest BCUT2D eigenvalue weighted by Crippen LogP contribution is -2.30. The van der Waals surface area contributed by atoms with Crippen LogP contribution in [0.2, 0.25) is 0 Å². The van der Waals surface area contributed by atoms with Gasteiger partial charge >= 0.3 is 0 Å². The quantitative estimate of drug-likeness (QED) is 0.796. The molecule has 1 amide bonds. The van der Waals surface area contributed by atoms with Gasteiger partial charge in [0, 0.05) is 5.92 Å². The van der Waals surface area contributed by atoms with E-state index in [0.29, 0.717) is 22.4 Å². The maximum Gasteiger partial charge on any atom is 0.266 e. The van der Waals surface area contributed by atoms with E-state index in [4.69, 9.17) is 0 Å². The molecule has 1 heterocycles. The summed E-state index contributed by atoms with van der Waals surface area (Å²) < 4.78 is 14.7. The largest absolute Gasteiger partial charge is 0.349 e. The van der Waals surface area contributed by atoms with Gasteiger partial charge in [-0.15, -0.1) is 0 Å². The number of para-hydroxylation sites is 1. The van der Waals surface area contributed by atoms with Gasteiger partial charge in [0.15, 0.2) is 0 Å². The molecule has 0 radical (unpaired) electrons. The maximum atomic E-state index is 13.2. The van der Waals surface area contributed by atoms with Gasteiger partial charge in [-0.3, -0.25) is 14.2 Å². The minimum Gasteiger partial charge on any atom is -0.349 e. The Balaban J connectivity index is 1.83. The first-order valence-electron chi connectivity index (χ1n) is 8.18. The van der Waals surface area contributed by atoms with Gasteiger partial charge in [0.2, 0.25) is 5.91 Å². The summed E-state index contributed by atoms with van der Waals surface area (Å²) in [4.78, 5) is 29.4. The number of carbonyl (C=O) groups excluding carboxylic acids is 1. The molecule has 2 aromatic carbocycles. The average Bonchev–Trinajstić information content (AvgIpc) is 3.46. The first kappa shape index (κ1) is 15.5. The Morgan fingerprint density at radius 3 is 2.60 bits per heavy atom. The van der Waals surface area contributed by atoms with Crippen molar-refractivity contribution in [2.45, 2.75) is 19.4 Å². The minimum absolute atomic E-state index is 0.0203. The summed E-state index contributed by atoms with van der Waals surface area (Å²) in [6.07, 6.45) is 1.81. The second-order valence-electron chi connectivity index (χ2n) is 6.15. The van der Waals surface area contributed by atoms with Crippen LogP contribution in [0.5, 0.6) is 0 Å². The molecular weight excluding hydrogens is 321 g/mol. The Labute approximate surface area is 143 Å². The van der Waals surface area contributed by atoms with E-state index in [0.717, 1.165) is 12.8 Å². The zero-order chi connectivity index (χ0) is 17.4. The summed E-state index contributed by atoms with van der Waals surface area (Å²) in [6, 6.07) is 12.7. The summed E-state index contributed by atoms with van der Waals surface area (Å²) in [5, 5.41) is 3.32. The Morgan fingerprint density at radius 2 is 1.88 bits per heavy atom. The molecule has 25 heavy (non-hydrogen) atoms. The number of fused-ring (bicyclic) bond motifs is 1. The van der Waals surface area contributed by atoms with Gasteiger partial charge in [0.25, 0.3) is 5.56 Å². The molecule has 1 aromatic heterocycles. The van der Waals surface area contributed by atoms with E-state index < -0.39 is 0 Å². The number of hydrogen-bond donors (Lipinski definition) is 1. The molecule has 0 atom stereocenters. The van der Waals surface area contributed by atoms with Crippen LogP contribution in [-0.4, -0.2) is 15.5 Å². The summed E-state index contributed by atoms with van der Waals surface area (Å²) in [5.74, 6) is 0.0953. The first-order chi connectivity index (χ1) is 12.1. The highest BCUT2D eigenvalue weighted by atomic mass is 19.1. The maximum absolute atomic E-state index is 13.2. The molecule has 6 heteroatoms. The van der Waals surface area contributed by atoms with Crippen molar-refractivity contribution >= 4 is 16.8 Å². The minimum atomic E-state index is -0.380. The molecule has 0 bridgehead atoms. The van der Waals surface area contributed by atoms with Crippen LogP contribution in [-0.2, 0) is 11.3 Å². The van der Waals surface area contributed by atoms with Crippen molar-refractivity contribution < 1.29 is 9.18 Å². The van der Waals surface area contributed by atoms with Crippen LogP contribution in [0.4, 0.5) is 4.39 Å². The zero-order valence-electron chi connectivity index (χ0n) is 13.4. The summed E-state index contributed by atoms with van der Waals surface area (Å²) in [6.45, 7) is 0.146. The molecule has 0 spiro atoms. The van der Waals surface area contributed by atoms with Gasteiger partial charge in [-0.25, -0.2) is 9.37 Å². The van der Waals surface area contributed by atoms with Crippen LogP contribution in [0.1, 0.15) is 18.7 Å². The molecule has 5 nitrogen and oxygen atoms in total. The van der Waals surface area contributed by atoms with E-state index in [2.05, 4.69) is 10.3 Å². The molecule has 3 aromatic rings. The molecule has 1 saturated carbocycles. The van der Waals surface area contributed by atoms with Crippen molar-refractivity contribution in [2.75, 3.05) is 0 Å². The van der Waals surface area contributed by atoms with Crippen molar-refractivity contribution in [1.82, 2.24) is 14.9 Å². The average molecular weight is 337 g/mol. The van der Waals surface area contributed by atoms with Crippen molar-refractivity contribution in [3.63, 3.8) is 0 Å². The van der Waals surface area contributed by atoms with E-state index in [1.807, 2.05) is 6.07 Å². The molecular formula is C19H16FN3O2. The predicted octanol–water partition coefficient (Wildman–Crippen LogP) is 2.55. The third kappa shape index (κ3) is 3.03. The molecule has 1 N–H and O–H groups in total. The number of nitrogens with zero attached hydrogens (tertiary/aromatic N) is 2. The monoisotopic (exact) mass is 337 g/mol. The molecule has 0 saturated heterocycles. The van der Waals surface area contributed by atoms with E-state index >= 15 is 0 Å². The molecule has 4 rings (SSSR count). The van der Waals surface area contributed by atoms with Crippen LogP contribution in [0.3, 0.4) is 0 Å². The Kier molecular flexibility index (Phi) is 3.80. The highest BCUT2D eigenvalue weighted by Crippen LogP contribution is 2.28. The van der Waals surface area contributed by atoms with E-state index in [-0.39, 0.29) is 29.7 Å². The molecule has 1 fully saturated rings. The molecule has 0 aliphatic heterocycles. The molecule has 1 aliphatic rings. The topological polar surface area (TPSA) is 64.0 Å². The lowest BCUT2D eigenvalue weighted by atomic mass is 10.2. The highest BCUT2D eigenvalue weighted by Gasteiger charge is 2.29. The van der Waals surface area contributed by atoms with Crippen molar-refractivity contribution in [3.05, 3.63) is 70.5 Å². The van der Waals surface area contributed by atoms with Crippen LogP contribution in [0.15, 0.2) is 53.3 Å². The SMILES string of the molecule is O=C(NCc1nc2ccccc2c(=O)n1-c1ccc(F)cc1)C1CC1. The number of hydrogen-bond acceptors (Lipinski definition) is 3. The fourth-order valence-corrected chi connectivity index (χ4v) is 2.81. The highest BCUT2D eigenvalue weighted by molar-refractivity contribution is 5.81. The first-order valence-corrected chi connectivity index (χ1v) is 8.18. The van der Waals surface area contributed by atoms with Crippen molar-refractivity contribution in [3.8, 4) is 5.69 Å². The number of nitrogens with one attached hydrogen (secondary N) is 1. The number of rotatable bonds is 4. The van der Waals surface area contributed by atoms with Crippen molar-refractivity contribution in [2.24, 2.45) is 5.92 Å². The fraction of sp³-hybridized carbons (Fsp3) is 0.211. The van der Waals surface area contributed by atoms with Gasteiger partial charge in [-0.2, -0.15) is 0 Å². The normalized spacial score (nSPS) is 13.8. The number of aromatic nitrogens is 2. The van der Waals surface area contributed by atoms with Crippen LogP contribution < -0.4 is 10.9 Å². The zero-order valence-corrected chi connectivity index (χ0v) is 13.4. The third-order valence-corrected chi connectivity index (χ3v) is 4.30. The van der Waals surface area contributed by atoms with Crippen molar-refractivity contribution in [1.29, 1.82) is 0 Å². The standard InChI is InChI=1S/C19H16FN3O2/c20-13-7-9-14(10-8-13)23-17(11-21-18(24)12-5-6-12)22-16-4-2-1-3-15(16)19(23)25/h1-4,7-10,12H,5-6,11H2,(H,21,24). The summed E-state index contributed by atoms with van der Waals surface area (Å²) in [7, 11) is 0. The Morgan fingerprint density at radius 1 is 1.16 bits per heavy atom. The number of carbonyl (C=O) groups is 1. The van der Waals surface area contributed by atoms with Gasteiger partial charge in [-0.05, 0) is 49.2 Å². The third-order valence-electron chi connectivity index (χ3n) is 4.30. The predicted molar refractivity (Wildman–Crippen MR) is 91.9 cm³/mol. The van der Waals surface area contributed by atoms with Crippen LogP contribution in [0.25, 0.3) is 16.6 Å². The molecule has 1 aliphatic carbocycles.